The van der Waals surface area contributed by atoms with Gasteiger partial charge < -0.3 is 5.32 Å². The first-order valence-corrected chi connectivity index (χ1v) is 5.50. The zero-order valence-corrected chi connectivity index (χ0v) is 8.74. The fourth-order valence-corrected chi connectivity index (χ4v) is 2.24. The largest absolute Gasteiger partial charge is 0.385 e. The highest BCUT2D eigenvalue weighted by Crippen LogP contribution is 2.31. The van der Waals surface area contributed by atoms with E-state index in [1.807, 2.05) is 24.5 Å². The molecule has 0 radical (unpaired) electrons. The normalized spacial score (nSPS) is 26.4. The van der Waals surface area contributed by atoms with Gasteiger partial charge in [0, 0.05) is 24.6 Å². The summed E-state index contributed by atoms with van der Waals surface area (Å²) >= 11 is 0. The summed E-state index contributed by atoms with van der Waals surface area (Å²) in [7, 11) is 0. The number of hydrogen-bond donors (Lipinski definition) is 1. The fourth-order valence-electron chi connectivity index (χ4n) is 2.24. The van der Waals surface area contributed by atoms with Crippen LogP contribution in [0.3, 0.4) is 0 Å². The molecule has 0 aliphatic heterocycles. The lowest BCUT2D eigenvalue weighted by molar-refractivity contribution is 0.439. The SMILES string of the molecule is CC1CCCC1CNc1ccncc1. The van der Waals surface area contributed by atoms with Crippen molar-refractivity contribution in [3.8, 4) is 0 Å². The van der Waals surface area contributed by atoms with E-state index < -0.39 is 0 Å². The van der Waals surface area contributed by atoms with Crippen molar-refractivity contribution >= 4 is 5.69 Å². The second-order valence-corrected chi connectivity index (χ2v) is 4.29. The molecule has 1 heterocycles. The molecule has 2 unspecified atom stereocenters. The zero-order chi connectivity index (χ0) is 9.80. The molecule has 1 aromatic heterocycles. The quantitative estimate of drug-likeness (QED) is 0.792. The van der Waals surface area contributed by atoms with E-state index in [0.717, 1.165) is 18.4 Å². The minimum atomic E-state index is 0.864. The van der Waals surface area contributed by atoms with Gasteiger partial charge in [0.2, 0.25) is 0 Å². The molecule has 2 rings (SSSR count). The van der Waals surface area contributed by atoms with E-state index in [2.05, 4.69) is 17.2 Å². The predicted molar refractivity (Wildman–Crippen MR) is 59.2 cm³/mol. The Morgan fingerprint density at radius 3 is 2.79 bits per heavy atom. The van der Waals surface area contributed by atoms with Gasteiger partial charge in [-0.1, -0.05) is 19.8 Å². The molecule has 1 fully saturated rings. The molecule has 2 heteroatoms. The van der Waals surface area contributed by atoms with Crippen LogP contribution < -0.4 is 5.32 Å². The number of pyridine rings is 1. The van der Waals surface area contributed by atoms with E-state index in [1.54, 1.807) is 0 Å². The van der Waals surface area contributed by atoms with Gasteiger partial charge in [-0.2, -0.15) is 0 Å². The molecule has 0 bridgehead atoms. The Morgan fingerprint density at radius 1 is 1.36 bits per heavy atom. The van der Waals surface area contributed by atoms with E-state index in [9.17, 15) is 0 Å². The molecule has 2 atom stereocenters. The van der Waals surface area contributed by atoms with Gasteiger partial charge in [-0.25, -0.2) is 0 Å². The van der Waals surface area contributed by atoms with Crippen LogP contribution in [0.15, 0.2) is 24.5 Å². The Morgan fingerprint density at radius 2 is 2.14 bits per heavy atom. The smallest absolute Gasteiger partial charge is 0.0371 e. The average Bonchev–Trinajstić information content (AvgIpc) is 2.63. The Kier molecular flexibility index (Phi) is 3.02. The summed E-state index contributed by atoms with van der Waals surface area (Å²) in [6.45, 7) is 3.48. The van der Waals surface area contributed by atoms with Gasteiger partial charge in [0.05, 0.1) is 0 Å². The number of nitrogens with zero attached hydrogens (tertiary/aromatic N) is 1. The molecular formula is C12H18N2. The molecule has 1 aromatic rings. The van der Waals surface area contributed by atoms with Crippen LogP contribution >= 0.6 is 0 Å². The van der Waals surface area contributed by atoms with Gasteiger partial charge in [-0.05, 0) is 30.4 Å². The van der Waals surface area contributed by atoms with Crippen LogP contribution in [0.1, 0.15) is 26.2 Å². The summed E-state index contributed by atoms with van der Waals surface area (Å²) in [4.78, 5) is 4.00. The Hall–Kier alpha value is -1.05. The maximum absolute atomic E-state index is 4.00. The third-order valence-electron chi connectivity index (χ3n) is 3.29. The molecule has 2 nitrogen and oxygen atoms in total. The van der Waals surface area contributed by atoms with Crippen LogP contribution in [0.25, 0.3) is 0 Å². The Bertz CT molecular complexity index is 271. The number of aromatic nitrogens is 1. The molecule has 14 heavy (non-hydrogen) atoms. The summed E-state index contributed by atoms with van der Waals surface area (Å²) in [5.74, 6) is 1.76. The van der Waals surface area contributed by atoms with Crippen molar-refractivity contribution in [2.75, 3.05) is 11.9 Å². The lowest BCUT2D eigenvalue weighted by Crippen LogP contribution is -2.16. The highest BCUT2D eigenvalue weighted by molar-refractivity contribution is 5.40. The minimum Gasteiger partial charge on any atom is -0.385 e. The van der Waals surface area contributed by atoms with Gasteiger partial charge in [-0.3, -0.25) is 4.98 Å². The number of anilines is 1. The Balaban J connectivity index is 1.82. The molecule has 0 spiro atoms. The highest BCUT2D eigenvalue weighted by atomic mass is 14.9. The number of hydrogen-bond acceptors (Lipinski definition) is 2. The van der Waals surface area contributed by atoms with Gasteiger partial charge in [-0.15, -0.1) is 0 Å². The molecule has 1 aliphatic rings. The monoisotopic (exact) mass is 190 g/mol. The van der Waals surface area contributed by atoms with E-state index in [-0.39, 0.29) is 0 Å². The molecule has 0 saturated heterocycles. The molecule has 0 amide bonds. The van der Waals surface area contributed by atoms with Crippen LogP contribution in [-0.4, -0.2) is 11.5 Å². The Labute approximate surface area is 85.7 Å². The maximum Gasteiger partial charge on any atom is 0.0371 e. The summed E-state index contributed by atoms with van der Waals surface area (Å²) in [6, 6.07) is 4.05. The lowest BCUT2D eigenvalue weighted by Gasteiger charge is -2.16. The topological polar surface area (TPSA) is 24.9 Å². The molecule has 1 aliphatic carbocycles. The minimum absolute atomic E-state index is 0.864. The molecule has 1 N–H and O–H groups in total. The van der Waals surface area contributed by atoms with E-state index in [1.165, 1.54) is 24.9 Å². The van der Waals surface area contributed by atoms with E-state index in [4.69, 9.17) is 0 Å². The fraction of sp³-hybridized carbons (Fsp3) is 0.583. The summed E-state index contributed by atoms with van der Waals surface area (Å²) < 4.78 is 0. The van der Waals surface area contributed by atoms with Gasteiger partial charge in [0.15, 0.2) is 0 Å². The third kappa shape index (κ3) is 2.25. The van der Waals surface area contributed by atoms with Gasteiger partial charge in [0.1, 0.15) is 0 Å². The molecule has 1 saturated carbocycles. The van der Waals surface area contributed by atoms with E-state index in [0.29, 0.717) is 0 Å². The van der Waals surface area contributed by atoms with Crippen LogP contribution in [0, 0.1) is 11.8 Å². The molecular weight excluding hydrogens is 172 g/mol. The van der Waals surface area contributed by atoms with Gasteiger partial charge in [0.25, 0.3) is 0 Å². The standard InChI is InChI=1S/C12H18N2/c1-10-3-2-4-11(10)9-14-12-5-7-13-8-6-12/h5-8,10-11H,2-4,9H2,1H3,(H,13,14). The van der Waals surface area contributed by atoms with Crippen molar-refractivity contribution in [3.05, 3.63) is 24.5 Å². The first-order valence-electron chi connectivity index (χ1n) is 5.50. The molecule has 76 valence electrons. The van der Waals surface area contributed by atoms with Crippen molar-refractivity contribution in [2.45, 2.75) is 26.2 Å². The number of nitrogens with one attached hydrogen (secondary N) is 1. The average molecular weight is 190 g/mol. The van der Waals surface area contributed by atoms with Crippen molar-refractivity contribution in [2.24, 2.45) is 11.8 Å². The van der Waals surface area contributed by atoms with Gasteiger partial charge >= 0.3 is 0 Å². The molecule has 0 aromatic carbocycles. The van der Waals surface area contributed by atoms with Crippen molar-refractivity contribution in [1.82, 2.24) is 4.98 Å². The lowest BCUT2D eigenvalue weighted by atomic mass is 9.98. The predicted octanol–water partition coefficient (Wildman–Crippen LogP) is 2.93. The van der Waals surface area contributed by atoms with Crippen LogP contribution in [-0.2, 0) is 0 Å². The second kappa shape index (κ2) is 4.45. The van der Waals surface area contributed by atoms with Crippen molar-refractivity contribution < 1.29 is 0 Å². The highest BCUT2D eigenvalue weighted by Gasteiger charge is 2.22. The first-order chi connectivity index (χ1) is 6.86. The van der Waals surface area contributed by atoms with Crippen molar-refractivity contribution in [1.29, 1.82) is 0 Å². The van der Waals surface area contributed by atoms with Crippen LogP contribution in [0.2, 0.25) is 0 Å². The summed E-state index contributed by atoms with van der Waals surface area (Å²) in [5, 5.41) is 3.48. The summed E-state index contributed by atoms with van der Waals surface area (Å²) in [6.07, 6.45) is 7.87. The van der Waals surface area contributed by atoms with Crippen molar-refractivity contribution in [3.63, 3.8) is 0 Å². The third-order valence-corrected chi connectivity index (χ3v) is 3.29. The first kappa shape index (κ1) is 9.50. The summed E-state index contributed by atoms with van der Waals surface area (Å²) in [5.41, 5.74) is 1.19. The van der Waals surface area contributed by atoms with Crippen LogP contribution in [0.5, 0.6) is 0 Å². The zero-order valence-electron chi connectivity index (χ0n) is 8.74. The number of rotatable bonds is 3. The van der Waals surface area contributed by atoms with Crippen LogP contribution in [0.4, 0.5) is 5.69 Å². The second-order valence-electron chi connectivity index (χ2n) is 4.29. The maximum atomic E-state index is 4.00. The van der Waals surface area contributed by atoms with E-state index >= 15 is 0 Å².